The molecule has 0 aliphatic carbocycles. The summed E-state index contributed by atoms with van der Waals surface area (Å²) in [6.07, 6.45) is 0.723. The van der Waals surface area contributed by atoms with Gasteiger partial charge in [-0.1, -0.05) is 36.7 Å². The van der Waals surface area contributed by atoms with Crippen molar-refractivity contribution in [2.24, 2.45) is 0 Å². The van der Waals surface area contributed by atoms with E-state index in [0.29, 0.717) is 52.7 Å². The second-order valence-electron chi connectivity index (χ2n) is 6.35. The number of rotatable bonds is 4. The Morgan fingerprint density at radius 3 is 2.57 bits per heavy atom. The van der Waals surface area contributed by atoms with Crippen LogP contribution in [0.1, 0.15) is 23.8 Å². The smallest absolute Gasteiger partial charge is 0.276 e. The number of nitrogens with one attached hydrogen (secondary N) is 1. The van der Waals surface area contributed by atoms with Crippen molar-refractivity contribution in [3.05, 3.63) is 57.5 Å². The number of anilines is 1. The molecule has 0 unspecified atom stereocenters. The Labute approximate surface area is 165 Å². The van der Waals surface area contributed by atoms with Crippen LogP contribution in [-0.4, -0.2) is 28.9 Å². The van der Waals surface area contributed by atoms with Crippen LogP contribution in [0.3, 0.4) is 0 Å². The molecule has 0 fully saturated rings. The van der Waals surface area contributed by atoms with E-state index < -0.39 is 5.91 Å². The van der Waals surface area contributed by atoms with Gasteiger partial charge in [0, 0.05) is 24.1 Å². The van der Waals surface area contributed by atoms with Crippen molar-refractivity contribution < 1.29 is 14.3 Å². The van der Waals surface area contributed by atoms with Crippen LogP contribution in [0, 0.1) is 0 Å². The first kappa shape index (κ1) is 18.3. The van der Waals surface area contributed by atoms with E-state index in [1.807, 2.05) is 6.92 Å². The van der Waals surface area contributed by atoms with Crippen molar-refractivity contribution in [1.29, 1.82) is 0 Å². The second kappa shape index (κ2) is 7.52. The summed E-state index contributed by atoms with van der Waals surface area (Å²) in [5.74, 6) is 0.591. The Balaban J connectivity index is 1.75. The fourth-order valence-corrected chi connectivity index (χ4v) is 3.31. The molecule has 7 nitrogen and oxygen atoms in total. The van der Waals surface area contributed by atoms with Gasteiger partial charge in [-0.2, -0.15) is 5.10 Å². The molecule has 0 bridgehead atoms. The molecule has 1 aliphatic heterocycles. The van der Waals surface area contributed by atoms with Gasteiger partial charge < -0.3 is 14.8 Å². The maximum atomic E-state index is 13.0. The molecular formula is C20H18ClN3O4. The number of benzene rings is 2. The van der Waals surface area contributed by atoms with E-state index in [9.17, 15) is 9.59 Å². The van der Waals surface area contributed by atoms with E-state index >= 15 is 0 Å². The lowest BCUT2D eigenvalue weighted by molar-refractivity contribution is 0.102. The zero-order valence-corrected chi connectivity index (χ0v) is 16.0. The monoisotopic (exact) mass is 399 g/mol. The van der Waals surface area contributed by atoms with Crippen LogP contribution >= 0.6 is 11.6 Å². The van der Waals surface area contributed by atoms with Gasteiger partial charge in [0.25, 0.3) is 11.5 Å². The normalized spacial score (nSPS) is 12.8. The highest BCUT2D eigenvalue weighted by Gasteiger charge is 2.20. The molecule has 1 N–H and O–H groups in total. The Morgan fingerprint density at radius 2 is 1.86 bits per heavy atom. The van der Waals surface area contributed by atoms with Crippen LogP contribution in [0.2, 0.25) is 5.02 Å². The molecule has 2 heterocycles. The van der Waals surface area contributed by atoms with Crippen molar-refractivity contribution in [1.82, 2.24) is 9.78 Å². The minimum Gasteiger partial charge on any atom is -0.486 e. The zero-order valence-electron chi connectivity index (χ0n) is 15.2. The zero-order chi connectivity index (χ0) is 19.7. The summed E-state index contributed by atoms with van der Waals surface area (Å²) in [5.41, 5.74) is 0.330. The van der Waals surface area contributed by atoms with Gasteiger partial charge in [0.2, 0.25) is 0 Å². The van der Waals surface area contributed by atoms with Crippen molar-refractivity contribution in [3.8, 4) is 11.5 Å². The fourth-order valence-electron chi connectivity index (χ4n) is 3.11. The minimum atomic E-state index is -0.459. The Kier molecular flexibility index (Phi) is 4.92. The molecule has 8 heteroatoms. The number of carbonyl (C=O) groups is 1. The Hall–Kier alpha value is -3.06. The number of hydrogen-bond donors (Lipinski definition) is 1. The number of ether oxygens (including phenoxy) is 2. The van der Waals surface area contributed by atoms with Gasteiger partial charge in [0.1, 0.15) is 13.2 Å². The first-order valence-corrected chi connectivity index (χ1v) is 9.36. The van der Waals surface area contributed by atoms with E-state index in [4.69, 9.17) is 21.1 Å². The molecule has 0 spiro atoms. The molecule has 1 aromatic heterocycles. The summed E-state index contributed by atoms with van der Waals surface area (Å²) in [4.78, 5) is 25.6. The summed E-state index contributed by atoms with van der Waals surface area (Å²) in [6.45, 7) is 3.24. The number of nitrogens with zero attached hydrogens (tertiary/aromatic N) is 2. The highest BCUT2D eigenvalue weighted by molar-refractivity contribution is 6.34. The van der Waals surface area contributed by atoms with E-state index in [-0.39, 0.29) is 11.3 Å². The molecule has 0 saturated heterocycles. The Bertz CT molecular complexity index is 1130. The number of aryl methyl sites for hydroxylation is 1. The van der Waals surface area contributed by atoms with Crippen LogP contribution in [0.15, 0.2) is 41.2 Å². The van der Waals surface area contributed by atoms with Crippen LogP contribution in [-0.2, 0) is 6.54 Å². The van der Waals surface area contributed by atoms with Crippen molar-refractivity contribution >= 4 is 34.0 Å². The lowest BCUT2D eigenvalue weighted by atomic mass is 10.1. The largest absolute Gasteiger partial charge is 0.486 e. The van der Waals surface area contributed by atoms with Crippen molar-refractivity contribution in [3.63, 3.8) is 0 Å². The predicted octanol–water partition coefficient (Wildman–Crippen LogP) is 3.48. The molecule has 0 atom stereocenters. The third-order valence-electron chi connectivity index (χ3n) is 4.40. The number of fused-ring (bicyclic) bond motifs is 2. The van der Waals surface area contributed by atoms with E-state index in [1.54, 1.807) is 36.4 Å². The Morgan fingerprint density at radius 1 is 1.18 bits per heavy atom. The molecule has 2 aromatic carbocycles. The molecule has 1 amide bonds. The van der Waals surface area contributed by atoms with Crippen LogP contribution < -0.4 is 20.3 Å². The van der Waals surface area contributed by atoms with Gasteiger partial charge in [-0.05, 0) is 12.5 Å². The second-order valence-corrected chi connectivity index (χ2v) is 6.76. The number of aromatic nitrogens is 2. The summed E-state index contributed by atoms with van der Waals surface area (Å²) in [6, 6.07) is 10.2. The molecule has 144 valence electrons. The minimum absolute atomic E-state index is 0.162. The number of hydrogen-bond acceptors (Lipinski definition) is 5. The van der Waals surface area contributed by atoms with Crippen molar-refractivity contribution in [2.75, 3.05) is 18.5 Å². The van der Waals surface area contributed by atoms with Gasteiger partial charge >= 0.3 is 0 Å². The van der Waals surface area contributed by atoms with E-state index in [2.05, 4.69) is 10.4 Å². The first-order valence-electron chi connectivity index (χ1n) is 8.99. The highest BCUT2D eigenvalue weighted by atomic mass is 35.5. The molecule has 4 rings (SSSR count). The van der Waals surface area contributed by atoms with Gasteiger partial charge in [0.15, 0.2) is 17.2 Å². The van der Waals surface area contributed by atoms with Crippen LogP contribution in [0.4, 0.5) is 5.69 Å². The maximum absolute atomic E-state index is 13.0. The van der Waals surface area contributed by atoms with Gasteiger partial charge in [-0.25, -0.2) is 4.68 Å². The third kappa shape index (κ3) is 3.29. The average Bonchev–Trinajstić information content (AvgIpc) is 2.70. The summed E-state index contributed by atoms with van der Waals surface area (Å²) in [7, 11) is 0. The average molecular weight is 400 g/mol. The lowest BCUT2D eigenvalue weighted by Crippen LogP contribution is -2.27. The van der Waals surface area contributed by atoms with E-state index in [0.717, 1.165) is 6.42 Å². The molecule has 1 aliphatic rings. The van der Waals surface area contributed by atoms with Gasteiger partial charge in [0.05, 0.1) is 16.1 Å². The third-order valence-corrected chi connectivity index (χ3v) is 4.71. The number of amides is 1. The molecule has 3 aromatic rings. The van der Waals surface area contributed by atoms with Gasteiger partial charge in [-0.15, -0.1) is 0 Å². The predicted molar refractivity (Wildman–Crippen MR) is 107 cm³/mol. The fraction of sp³-hybridized carbons (Fsp3) is 0.250. The molecule has 28 heavy (non-hydrogen) atoms. The summed E-state index contributed by atoms with van der Waals surface area (Å²) < 4.78 is 12.4. The molecular weight excluding hydrogens is 382 g/mol. The molecule has 0 radical (unpaired) electrons. The highest BCUT2D eigenvalue weighted by Crippen LogP contribution is 2.38. The summed E-state index contributed by atoms with van der Waals surface area (Å²) >= 11 is 6.29. The number of halogens is 1. The first-order chi connectivity index (χ1) is 13.6. The number of carbonyl (C=O) groups excluding carboxylic acids is 1. The summed E-state index contributed by atoms with van der Waals surface area (Å²) in [5, 5.41) is 8.33. The standard InChI is InChI=1S/C20H18ClN3O4/c1-2-7-24-20(26)13-6-4-3-5-12(13)18(23-24)19(25)22-15-11-17-16(10-14(15)21)27-8-9-28-17/h3-6,10-11H,2,7-9H2,1H3,(H,22,25). The topological polar surface area (TPSA) is 82.5 Å². The van der Waals surface area contributed by atoms with Crippen LogP contribution in [0.5, 0.6) is 11.5 Å². The quantitative estimate of drug-likeness (QED) is 0.726. The maximum Gasteiger partial charge on any atom is 0.276 e. The van der Waals surface area contributed by atoms with E-state index in [1.165, 1.54) is 4.68 Å². The SMILES string of the molecule is CCCn1nc(C(=O)Nc2cc3c(cc2Cl)OCCO3)c2ccccc2c1=O. The molecule has 0 saturated carbocycles. The van der Waals surface area contributed by atoms with Crippen LogP contribution in [0.25, 0.3) is 10.8 Å². The van der Waals surface area contributed by atoms with Gasteiger partial charge in [-0.3, -0.25) is 9.59 Å². The lowest BCUT2D eigenvalue weighted by Gasteiger charge is -2.20. The van der Waals surface area contributed by atoms with Crippen molar-refractivity contribution in [2.45, 2.75) is 19.9 Å².